The van der Waals surface area contributed by atoms with Crippen LogP contribution in [0.1, 0.15) is 13.3 Å². The third-order valence-corrected chi connectivity index (χ3v) is 3.01. The summed E-state index contributed by atoms with van der Waals surface area (Å²) in [5.41, 5.74) is 0.548. The second-order valence-electron chi connectivity index (χ2n) is 4.95. The number of benzene rings is 1. The predicted molar refractivity (Wildman–Crippen MR) is 80.2 cm³/mol. The fourth-order valence-corrected chi connectivity index (χ4v) is 1.80. The molecule has 24 heavy (non-hydrogen) atoms. The first kappa shape index (κ1) is 17.9. The molecule has 0 aliphatic heterocycles. The second kappa shape index (κ2) is 7.91. The van der Waals surface area contributed by atoms with E-state index < -0.39 is 6.36 Å². The molecule has 0 fully saturated rings. The number of nitrogens with zero attached hydrogens (tertiary/aromatic N) is 4. The third-order valence-electron chi connectivity index (χ3n) is 3.01. The van der Waals surface area contributed by atoms with Gasteiger partial charge in [0.1, 0.15) is 5.75 Å². The Labute approximate surface area is 136 Å². The fraction of sp³-hybridized carbons (Fsp3) is 0.400. The van der Waals surface area contributed by atoms with E-state index in [1.54, 1.807) is 6.08 Å². The largest absolute Gasteiger partial charge is 0.573 e. The summed E-state index contributed by atoms with van der Waals surface area (Å²) in [6.45, 7) is 6.57. The SMILES string of the molecule is C=CC(C)OCCCn1nnc(-c2ccc(OC(F)(F)F)cc2)n1. The molecule has 0 saturated carbocycles. The van der Waals surface area contributed by atoms with E-state index in [1.165, 1.54) is 29.1 Å². The van der Waals surface area contributed by atoms with E-state index in [0.29, 0.717) is 31.0 Å². The van der Waals surface area contributed by atoms with E-state index in [0.717, 1.165) is 0 Å². The number of aryl methyl sites for hydroxylation is 1. The fourth-order valence-electron chi connectivity index (χ4n) is 1.80. The molecule has 0 aliphatic rings. The molecule has 0 amide bonds. The Kier molecular flexibility index (Phi) is 5.91. The summed E-state index contributed by atoms with van der Waals surface area (Å²) < 4.78 is 45.6. The third kappa shape index (κ3) is 5.65. The molecule has 1 atom stereocenters. The molecule has 0 radical (unpaired) electrons. The zero-order valence-electron chi connectivity index (χ0n) is 13.0. The summed E-state index contributed by atoms with van der Waals surface area (Å²) in [5.74, 6) is 0.0288. The van der Waals surface area contributed by atoms with Gasteiger partial charge in [-0.05, 0) is 42.8 Å². The topological polar surface area (TPSA) is 62.1 Å². The van der Waals surface area contributed by atoms with Gasteiger partial charge in [0.15, 0.2) is 0 Å². The molecule has 130 valence electrons. The van der Waals surface area contributed by atoms with E-state index in [9.17, 15) is 13.2 Å². The maximum atomic E-state index is 12.1. The first-order valence-electron chi connectivity index (χ1n) is 7.25. The van der Waals surface area contributed by atoms with E-state index >= 15 is 0 Å². The van der Waals surface area contributed by atoms with Crippen molar-refractivity contribution in [1.29, 1.82) is 0 Å². The highest BCUT2D eigenvalue weighted by molar-refractivity contribution is 5.55. The highest BCUT2D eigenvalue weighted by Gasteiger charge is 2.31. The number of halogens is 3. The normalized spacial score (nSPS) is 12.8. The van der Waals surface area contributed by atoms with Crippen LogP contribution >= 0.6 is 0 Å². The number of hydrogen-bond acceptors (Lipinski definition) is 5. The molecule has 0 N–H and O–H groups in total. The van der Waals surface area contributed by atoms with Gasteiger partial charge in [0.2, 0.25) is 5.82 Å². The minimum atomic E-state index is -4.71. The van der Waals surface area contributed by atoms with Crippen molar-refractivity contribution in [2.24, 2.45) is 0 Å². The van der Waals surface area contributed by atoms with Gasteiger partial charge in [-0.1, -0.05) is 6.08 Å². The lowest BCUT2D eigenvalue weighted by Gasteiger charge is -2.08. The minimum absolute atomic E-state index is 0.0123. The van der Waals surface area contributed by atoms with Crippen molar-refractivity contribution in [3.63, 3.8) is 0 Å². The van der Waals surface area contributed by atoms with Crippen LogP contribution in [0.15, 0.2) is 36.9 Å². The predicted octanol–water partition coefficient (Wildman–Crippen LogP) is 3.22. The van der Waals surface area contributed by atoms with Crippen molar-refractivity contribution in [3.05, 3.63) is 36.9 Å². The second-order valence-corrected chi connectivity index (χ2v) is 4.95. The molecule has 1 aromatic carbocycles. The monoisotopic (exact) mass is 342 g/mol. The number of hydrogen-bond donors (Lipinski definition) is 0. The molecule has 2 rings (SSSR count). The van der Waals surface area contributed by atoms with Crippen molar-refractivity contribution < 1.29 is 22.6 Å². The molecule has 0 spiro atoms. The van der Waals surface area contributed by atoms with Crippen LogP contribution in [0.4, 0.5) is 13.2 Å². The lowest BCUT2D eigenvalue weighted by molar-refractivity contribution is -0.274. The first-order chi connectivity index (χ1) is 11.4. The molecule has 1 unspecified atom stereocenters. The summed E-state index contributed by atoms with van der Waals surface area (Å²) >= 11 is 0. The molecule has 6 nitrogen and oxygen atoms in total. The van der Waals surface area contributed by atoms with Crippen LogP contribution in [-0.4, -0.2) is 39.3 Å². The van der Waals surface area contributed by atoms with E-state index in [1.807, 2.05) is 6.92 Å². The van der Waals surface area contributed by atoms with E-state index in [2.05, 4.69) is 26.7 Å². The Morgan fingerprint density at radius 3 is 2.62 bits per heavy atom. The van der Waals surface area contributed by atoms with Gasteiger partial charge in [-0.3, -0.25) is 0 Å². The molecule has 9 heteroatoms. The van der Waals surface area contributed by atoms with Gasteiger partial charge in [-0.2, -0.15) is 4.80 Å². The molecule has 0 aliphatic carbocycles. The van der Waals surface area contributed by atoms with Crippen LogP contribution in [0.3, 0.4) is 0 Å². The van der Waals surface area contributed by atoms with Gasteiger partial charge in [0.25, 0.3) is 0 Å². The van der Waals surface area contributed by atoms with Gasteiger partial charge in [0, 0.05) is 12.2 Å². The molecular weight excluding hydrogens is 325 g/mol. The van der Waals surface area contributed by atoms with Crippen LogP contribution in [-0.2, 0) is 11.3 Å². The van der Waals surface area contributed by atoms with Gasteiger partial charge in [-0.15, -0.1) is 29.9 Å². The molecular formula is C15H17F3N4O2. The van der Waals surface area contributed by atoms with Crippen LogP contribution in [0.5, 0.6) is 5.75 Å². The van der Waals surface area contributed by atoms with Gasteiger partial charge >= 0.3 is 6.36 Å². The highest BCUT2D eigenvalue weighted by atomic mass is 19.4. The van der Waals surface area contributed by atoms with Crippen molar-refractivity contribution in [3.8, 4) is 17.1 Å². The number of alkyl halides is 3. The van der Waals surface area contributed by atoms with Crippen LogP contribution in [0, 0.1) is 0 Å². The van der Waals surface area contributed by atoms with Crippen molar-refractivity contribution in [2.75, 3.05) is 6.61 Å². The minimum Gasteiger partial charge on any atom is -0.406 e. The van der Waals surface area contributed by atoms with Crippen LogP contribution < -0.4 is 4.74 Å². The van der Waals surface area contributed by atoms with Crippen molar-refractivity contribution >= 4 is 0 Å². The summed E-state index contributed by atoms with van der Waals surface area (Å²) in [6, 6.07) is 5.29. The molecule has 0 bridgehead atoms. The quantitative estimate of drug-likeness (QED) is 0.544. The maximum absolute atomic E-state index is 12.1. The summed E-state index contributed by atoms with van der Waals surface area (Å²) in [6.07, 6.45) is -2.32. The highest BCUT2D eigenvalue weighted by Crippen LogP contribution is 2.24. The Morgan fingerprint density at radius 2 is 2.00 bits per heavy atom. The average Bonchev–Trinajstić information content (AvgIpc) is 2.99. The molecule has 0 saturated heterocycles. The summed E-state index contributed by atoms with van der Waals surface area (Å²) in [5, 5.41) is 12.0. The summed E-state index contributed by atoms with van der Waals surface area (Å²) in [4.78, 5) is 1.41. The van der Waals surface area contributed by atoms with Crippen molar-refractivity contribution in [2.45, 2.75) is 32.4 Å². The zero-order chi connectivity index (χ0) is 17.6. The van der Waals surface area contributed by atoms with Gasteiger partial charge in [-0.25, -0.2) is 0 Å². The molecule has 1 aromatic heterocycles. The number of aromatic nitrogens is 4. The zero-order valence-corrected chi connectivity index (χ0v) is 13.0. The molecule has 1 heterocycles. The summed E-state index contributed by atoms with van der Waals surface area (Å²) in [7, 11) is 0. The smallest absolute Gasteiger partial charge is 0.406 e. The molecule has 2 aromatic rings. The Morgan fingerprint density at radius 1 is 1.29 bits per heavy atom. The maximum Gasteiger partial charge on any atom is 0.573 e. The Hall–Kier alpha value is -2.42. The van der Waals surface area contributed by atoms with E-state index in [4.69, 9.17) is 4.74 Å². The average molecular weight is 342 g/mol. The lowest BCUT2D eigenvalue weighted by Crippen LogP contribution is -2.16. The number of tetrazole rings is 1. The first-order valence-corrected chi connectivity index (χ1v) is 7.25. The van der Waals surface area contributed by atoms with Gasteiger partial charge < -0.3 is 9.47 Å². The van der Waals surface area contributed by atoms with Crippen LogP contribution in [0.25, 0.3) is 11.4 Å². The van der Waals surface area contributed by atoms with Crippen molar-refractivity contribution in [1.82, 2.24) is 20.2 Å². The Balaban J connectivity index is 1.89. The standard InChI is InChI=1S/C15H17F3N4O2/c1-3-11(2)23-10-4-9-22-20-14(19-21-22)12-5-7-13(8-6-12)24-15(16,17)18/h3,5-8,11H,1,4,9-10H2,2H3. The lowest BCUT2D eigenvalue weighted by atomic mass is 10.2. The van der Waals surface area contributed by atoms with Crippen LogP contribution in [0.2, 0.25) is 0 Å². The Bertz CT molecular complexity index is 655. The number of rotatable bonds is 8. The van der Waals surface area contributed by atoms with E-state index in [-0.39, 0.29) is 11.9 Å². The van der Waals surface area contributed by atoms with Gasteiger partial charge in [0.05, 0.1) is 12.6 Å². The number of ether oxygens (including phenoxy) is 2.